The molecule has 3 aromatic heterocycles. The van der Waals surface area contributed by atoms with Gasteiger partial charge in [0.1, 0.15) is 11.5 Å². The fourth-order valence-electron chi connectivity index (χ4n) is 4.41. The van der Waals surface area contributed by atoms with E-state index >= 15 is 0 Å². The Bertz CT molecular complexity index is 1710. The number of ether oxygens (including phenoxy) is 1. The molecule has 194 valence electrons. The lowest BCUT2D eigenvalue weighted by atomic mass is 10.1. The van der Waals surface area contributed by atoms with Gasteiger partial charge in [-0.3, -0.25) is 9.69 Å². The summed E-state index contributed by atoms with van der Waals surface area (Å²) in [6.45, 7) is 0.692. The van der Waals surface area contributed by atoms with Crippen LogP contribution in [0.2, 0.25) is 0 Å². The normalized spacial score (nSPS) is 15.6. The van der Waals surface area contributed by atoms with Crippen LogP contribution in [-0.4, -0.2) is 33.6 Å². The number of hydrogen-bond acceptors (Lipinski definition) is 7. The Morgan fingerprint density at radius 3 is 2.59 bits per heavy atom. The van der Waals surface area contributed by atoms with E-state index in [0.717, 1.165) is 22.2 Å². The second-order valence-corrected chi connectivity index (χ2v) is 9.81. The van der Waals surface area contributed by atoms with Crippen LogP contribution in [-0.2, 0) is 22.6 Å². The van der Waals surface area contributed by atoms with Gasteiger partial charge in [0, 0.05) is 22.7 Å². The number of esters is 1. The predicted molar refractivity (Wildman–Crippen MR) is 149 cm³/mol. The Labute approximate surface area is 228 Å². The van der Waals surface area contributed by atoms with Gasteiger partial charge >= 0.3 is 5.97 Å². The molecule has 8 nitrogen and oxygen atoms in total. The largest absolute Gasteiger partial charge is 0.467 e. The van der Waals surface area contributed by atoms with Crippen molar-refractivity contribution < 1.29 is 23.2 Å². The van der Waals surface area contributed by atoms with Crippen molar-refractivity contribution in [1.29, 1.82) is 0 Å². The molecule has 1 amide bonds. The molecule has 1 aliphatic rings. The third-order valence-corrected chi connectivity index (χ3v) is 7.25. The van der Waals surface area contributed by atoms with Crippen molar-refractivity contribution in [3.05, 3.63) is 119 Å². The summed E-state index contributed by atoms with van der Waals surface area (Å²) < 4.78 is 18.0. The van der Waals surface area contributed by atoms with Crippen molar-refractivity contribution >= 4 is 51.5 Å². The van der Waals surface area contributed by atoms with Crippen LogP contribution < -0.4 is 0 Å². The molecule has 9 heteroatoms. The van der Waals surface area contributed by atoms with E-state index in [0.29, 0.717) is 28.1 Å². The van der Waals surface area contributed by atoms with E-state index < -0.39 is 5.97 Å². The highest BCUT2D eigenvalue weighted by atomic mass is 32.2. The average molecular weight is 538 g/mol. The number of fused-ring (bicyclic) bond motifs is 1. The Hall–Kier alpha value is -4.76. The van der Waals surface area contributed by atoms with Crippen molar-refractivity contribution in [3.8, 4) is 0 Å². The van der Waals surface area contributed by atoms with Gasteiger partial charge in [0.2, 0.25) is 5.76 Å². The van der Waals surface area contributed by atoms with Crippen molar-refractivity contribution in [1.82, 2.24) is 9.47 Å². The van der Waals surface area contributed by atoms with E-state index in [1.807, 2.05) is 77.5 Å². The summed E-state index contributed by atoms with van der Waals surface area (Å²) in [6.07, 6.45) is 5.47. The molecule has 1 fully saturated rings. The first-order chi connectivity index (χ1) is 19.1. The monoisotopic (exact) mass is 537 g/mol. The first kappa shape index (κ1) is 24.6. The molecule has 0 saturated carbocycles. The van der Waals surface area contributed by atoms with Gasteiger partial charge in [0.15, 0.2) is 5.17 Å². The van der Waals surface area contributed by atoms with Crippen LogP contribution in [0.1, 0.15) is 27.6 Å². The van der Waals surface area contributed by atoms with Crippen LogP contribution in [0.25, 0.3) is 17.0 Å². The summed E-state index contributed by atoms with van der Waals surface area (Å²) in [6, 6.07) is 24.5. The van der Waals surface area contributed by atoms with Crippen molar-refractivity contribution in [2.24, 2.45) is 4.99 Å². The van der Waals surface area contributed by atoms with Crippen LogP contribution in [0.5, 0.6) is 0 Å². The van der Waals surface area contributed by atoms with E-state index in [9.17, 15) is 9.59 Å². The number of aromatic nitrogens is 1. The van der Waals surface area contributed by atoms with E-state index in [2.05, 4.69) is 0 Å². The molecular formula is C30H23N3O5S. The topological polar surface area (TPSA) is 90.2 Å². The van der Waals surface area contributed by atoms with Gasteiger partial charge in [0.25, 0.3) is 5.91 Å². The van der Waals surface area contributed by atoms with Crippen LogP contribution >= 0.6 is 11.8 Å². The fraction of sp³-hybridized carbons (Fsp3) is 0.100. The smallest absolute Gasteiger partial charge is 0.373 e. The van der Waals surface area contributed by atoms with Gasteiger partial charge < -0.3 is 18.1 Å². The first-order valence-electron chi connectivity index (χ1n) is 12.2. The number of rotatable bonds is 7. The van der Waals surface area contributed by atoms with Crippen molar-refractivity contribution in [2.75, 3.05) is 7.11 Å². The molecule has 0 aliphatic carbocycles. The number of amides is 1. The fourth-order valence-corrected chi connectivity index (χ4v) is 5.39. The lowest BCUT2D eigenvalue weighted by Crippen LogP contribution is -2.28. The second-order valence-electron chi connectivity index (χ2n) is 8.80. The van der Waals surface area contributed by atoms with Gasteiger partial charge in [-0.2, -0.15) is 0 Å². The molecule has 0 bridgehead atoms. The number of aliphatic imine (C=N–C) groups is 1. The highest BCUT2D eigenvalue weighted by Crippen LogP contribution is 2.36. The van der Waals surface area contributed by atoms with Gasteiger partial charge in [-0.25, -0.2) is 9.79 Å². The van der Waals surface area contributed by atoms with E-state index in [4.69, 9.17) is 18.6 Å². The summed E-state index contributed by atoms with van der Waals surface area (Å²) >= 11 is 1.34. The number of hydrogen-bond donors (Lipinski definition) is 0. The quantitative estimate of drug-likeness (QED) is 0.175. The number of carbonyl (C=O) groups is 2. The third kappa shape index (κ3) is 5.04. The van der Waals surface area contributed by atoms with Crippen LogP contribution in [0.3, 0.4) is 0 Å². The van der Waals surface area contributed by atoms with Crippen molar-refractivity contribution in [2.45, 2.75) is 13.1 Å². The lowest BCUT2D eigenvalue weighted by molar-refractivity contribution is -0.122. The Morgan fingerprint density at radius 1 is 0.974 bits per heavy atom. The highest BCUT2D eigenvalue weighted by Gasteiger charge is 2.34. The molecule has 0 radical (unpaired) electrons. The second kappa shape index (κ2) is 10.5. The summed E-state index contributed by atoms with van der Waals surface area (Å²) in [5.41, 5.74) is 2.63. The molecule has 6 rings (SSSR count). The highest BCUT2D eigenvalue weighted by molar-refractivity contribution is 8.18. The van der Waals surface area contributed by atoms with E-state index in [-0.39, 0.29) is 18.2 Å². The summed E-state index contributed by atoms with van der Waals surface area (Å²) in [7, 11) is 1.32. The maximum atomic E-state index is 13.6. The zero-order valence-corrected chi connectivity index (χ0v) is 21.8. The molecule has 0 unspecified atom stereocenters. The number of para-hydroxylation sites is 2. The van der Waals surface area contributed by atoms with Crippen LogP contribution in [0.4, 0.5) is 5.69 Å². The number of carbonyl (C=O) groups excluding carboxylic acids is 2. The molecule has 4 heterocycles. The number of furan rings is 2. The third-order valence-electron chi connectivity index (χ3n) is 6.24. The maximum Gasteiger partial charge on any atom is 0.373 e. The SMILES string of the molecule is COC(=O)c1ccc(Cn2cc(/C=C3\SC(=Nc4ccccc4)N(Cc4ccco4)C3=O)c3ccccc32)o1. The van der Waals surface area contributed by atoms with Crippen LogP contribution in [0, 0.1) is 0 Å². The zero-order chi connectivity index (χ0) is 26.8. The maximum absolute atomic E-state index is 13.6. The first-order valence-corrected chi connectivity index (χ1v) is 13.0. The zero-order valence-electron chi connectivity index (χ0n) is 20.9. The predicted octanol–water partition coefficient (Wildman–Crippen LogP) is 6.47. The number of amidine groups is 1. The minimum atomic E-state index is -0.520. The Kier molecular flexibility index (Phi) is 6.64. The minimum absolute atomic E-state index is 0.142. The Balaban J connectivity index is 1.35. The molecule has 0 N–H and O–H groups in total. The molecule has 0 spiro atoms. The summed E-state index contributed by atoms with van der Waals surface area (Å²) in [4.78, 5) is 32.4. The summed E-state index contributed by atoms with van der Waals surface area (Å²) in [5, 5.41) is 1.58. The van der Waals surface area contributed by atoms with E-state index in [1.165, 1.54) is 18.9 Å². The Morgan fingerprint density at radius 2 is 1.79 bits per heavy atom. The lowest BCUT2D eigenvalue weighted by Gasteiger charge is -2.13. The van der Waals surface area contributed by atoms with Gasteiger partial charge in [-0.1, -0.05) is 36.4 Å². The molecule has 1 saturated heterocycles. The summed E-state index contributed by atoms with van der Waals surface area (Å²) in [5.74, 6) is 0.779. The number of benzene rings is 2. The van der Waals surface area contributed by atoms with Gasteiger partial charge in [0.05, 0.1) is 37.1 Å². The van der Waals surface area contributed by atoms with Gasteiger partial charge in [-0.05, 0) is 60.3 Å². The van der Waals surface area contributed by atoms with Crippen molar-refractivity contribution in [3.63, 3.8) is 0 Å². The standard InChI is InChI=1S/C30H23N3O5S/c1-36-29(35)26-14-13-23(38-26)18-32-17-20(24-11-5-6-12-25(24)32)16-27-28(34)33(19-22-10-7-15-37-22)30(39-27)31-21-8-3-2-4-9-21/h2-17H,18-19H2,1H3/b27-16-,31-30?. The molecular weight excluding hydrogens is 514 g/mol. The minimum Gasteiger partial charge on any atom is -0.467 e. The number of methoxy groups -OCH3 is 1. The van der Waals surface area contributed by atoms with Crippen LogP contribution in [0.15, 0.2) is 110 Å². The molecule has 0 atom stereocenters. The van der Waals surface area contributed by atoms with E-state index in [1.54, 1.807) is 29.4 Å². The number of nitrogens with zero attached hydrogens (tertiary/aromatic N) is 3. The molecule has 39 heavy (non-hydrogen) atoms. The average Bonchev–Trinajstić information content (AvgIpc) is 3.76. The molecule has 5 aromatic rings. The molecule has 2 aromatic carbocycles. The number of thioether (sulfide) groups is 1. The van der Waals surface area contributed by atoms with Gasteiger partial charge in [-0.15, -0.1) is 0 Å². The molecule has 1 aliphatic heterocycles.